The summed E-state index contributed by atoms with van der Waals surface area (Å²) in [5.41, 5.74) is 3.66. The van der Waals surface area contributed by atoms with Gasteiger partial charge < -0.3 is 5.11 Å². The van der Waals surface area contributed by atoms with E-state index in [1.807, 2.05) is 10.6 Å². The van der Waals surface area contributed by atoms with Crippen molar-refractivity contribution >= 4 is 16.8 Å². The average molecular weight is 336 g/mol. The Labute approximate surface area is 147 Å². The zero-order chi connectivity index (χ0) is 16.9. The molecule has 130 valence electrons. The first-order valence-electron chi connectivity index (χ1n) is 9.77. The monoisotopic (exact) mass is 336 g/mol. The lowest BCUT2D eigenvalue weighted by Crippen LogP contribution is -2.55. The van der Waals surface area contributed by atoms with E-state index in [1.165, 1.54) is 29.5 Å². The first-order chi connectivity index (χ1) is 12.2. The third-order valence-electron chi connectivity index (χ3n) is 7.81. The predicted molar refractivity (Wildman–Crippen MR) is 95.7 cm³/mol. The quantitative estimate of drug-likeness (QED) is 0.870. The molecule has 1 spiro atoms. The maximum Gasteiger partial charge on any atom is 0.260 e. The van der Waals surface area contributed by atoms with E-state index < -0.39 is 6.10 Å². The van der Waals surface area contributed by atoms with Crippen molar-refractivity contribution in [1.82, 2.24) is 9.47 Å². The van der Waals surface area contributed by atoms with Gasteiger partial charge in [0, 0.05) is 22.5 Å². The molecule has 4 unspecified atom stereocenters. The van der Waals surface area contributed by atoms with Gasteiger partial charge in [-0.25, -0.2) is 0 Å². The van der Waals surface area contributed by atoms with E-state index in [-0.39, 0.29) is 11.3 Å². The second kappa shape index (κ2) is 4.54. The first kappa shape index (κ1) is 14.5. The number of benzene rings is 1. The summed E-state index contributed by atoms with van der Waals surface area (Å²) in [7, 11) is 0. The van der Waals surface area contributed by atoms with Crippen LogP contribution in [0.3, 0.4) is 0 Å². The molecule has 4 bridgehead atoms. The van der Waals surface area contributed by atoms with E-state index >= 15 is 0 Å². The van der Waals surface area contributed by atoms with E-state index in [4.69, 9.17) is 0 Å². The number of aliphatic hydroxyl groups is 1. The highest BCUT2D eigenvalue weighted by Crippen LogP contribution is 2.64. The Bertz CT molecular complexity index is 916. The number of hydrogen-bond acceptors (Lipinski definition) is 3. The van der Waals surface area contributed by atoms with Crippen molar-refractivity contribution in [2.24, 2.45) is 11.8 Å². The highest BCUT2D eigenvalue weighted by molar-refractivity contribution is 6.00. The van der Waals surface area contributed by atoms with Gasteiger partial charge in [0.2, 0.25) is 0 Å². The van der Waals surface area contributed by atoms with Gasteiger partial charge in [-0.2, -0.15) is 0 Å². The van der Waals surface area contributed by atoms with Gasteiger partial charge in [0.15, 0.2) is 0 Å². The molecular weight excluding hydrogens is 312 g/mol. The van der Waals surface area contributed by atoms with Crippen LogP contribution in [0, 0.1) is 11.8 Å². The molecule has 8 rings (SSSR count). The summed E-state index contributed by atoms with van der Waals surface area (Å²) in [5.74, 6) is 1.12. The molecule has 2 aromatic rings. The number of rotatable bonds is 1. The van der Waals surface area contributed by atoms with Crippen molar-refractivity contribution in [2.75, 3.05) is 13.1 Å². The number of hydrogen-bond donors (Lipinski definition) is 1. The normalized spacial score (nSPS) is 41.2. The molecule has 6 atom stereocenters. The molecule has 0 radical (unpaired) electrons. The average Bonchev–Trinajstić information content (AvgIpc) is 2.71. The van der Waals surface area contributed by atoms with E-state index in [2.05, 4.69) is 30.0 Å². The fourth-order valence-corrected chi connectivity index (χ4v) is 7.03. The van der Waals surface area contributed by atoms with E-state index in [0.29, 0.717) is 24.3 Å². The van der Waals surface area contributed by atoms with Gasteiger partial charge in [-0.05, 0) is 55.8 Å². The van der Waals surface area contributed by atoms with E-state index in [9.17, 15) is 9.90 Å². The molecule has 4 heteroatoms. The Balaban J connectivity index is 1.81. The lowest BCUT2D eigenvalue weighted by molar-refractivity contribution is 0.00135. The highest BCUT2D eigenvalue weighted by Gasteiger charge is 2.62. The standard InChI is InChI=1S/C21H24N2O2/c1-2-12-14-7-9-22-10-8-21(14)11-16(24)20(25)23-15-6-4-3-5-13(15)17(18(12)22)19(21)23/h3-6,12,14,16,18,24H,2,7-11H2,1H3/t12?,14?,16-,18?,21+/m0/s1. The van der Waals surface area contributed by atoms with Gasteiger partial charge in [-0.1, -0.05) is 31.5 Å². The largest absolute Gasteiger partial charge is 0.383 e. The van der Waals surface area contributed by atoms with Crippen molar-refractivity contribution in [3.8, 4) is 0 Å². The zero-order valence-corrected chi connectivity index (χ0v) is 14.6. The number of carbonyl (C=O) groups excluding carboxylic acids is 1. The van der Waals surface area contributed by atoms with Gasteiger partial charge in [0.1, 0.15) is 6.10 Å². The van der Waals surface area contributed by atoms with E-state index in [1.54, 1.807) is 0 Å². The lowest BCUT2D eigenvalue weighted by atomic mass is 9.54. The van der Waals surface area contributed by atoms with Crippen LogP contribution in [-0.4, -0.2) is 39.7 Å². The fraction of sp³-hybridized carbons (Fsp3) is 0.571. The number of fused-ring (bicyclic) bond motifs is 3. The molecule has 6 heterocycles. The second-order valence-corrected chi connectivity index (χ2v) is 8.53. The number of piperidine rings is 1. The highest BCUT2D eigenvalue weighted by atomic mass is 16.3. The van der Waals surface area contributed by atoms with Crippen molar-refractivity contribution in [3.05, 3.63) is 35.5 Å². The molecular formula is C21H24N2O2. The third kappa shape index (κ3) is 1.47. The van der Waals surface area contributed by atoms with Crippen LogP contribution in [0.4, 0.5) is 0 Å². The molecule has 5 aliphatic heterocycles. The van der Waals surface area contributed by atoms with Gasteiger partial charge in [0.05, 0.1) is 5.52 Å². The summed E-state index contributed by atoms with van der Waals surface area (Å²) >= 11 is 0. The number of aliphatic hydroxyl groups excluding tert-OH is 1. The Kier molecular flexibility index (Phi) is 2.64. The van der Waals surface area contributed by atoms with Crippen molar-refractivity contribution in [2.45, 2.75) is 50.2 Å². The summed E-state index contributed by atoms with van der Waals surface area (Å²) in [6.07, 6.45) is 3.22. The molecule has 6 aliphatic rings. The number of nitrogens with zero attached hydrogens (tertiary/aromatic N) is 2. The Hall–Kier alpha value is -1.65. The van der Waals surface area contributed by atoms with Crippen LogP contribution < -0.4 is 0 Å². The molecule has 1 aromatic carbocycles. The van der Waals surface area contributed by atoms with Gasteiger partial charge >= 0.3 is 0 Å². The number of aromatic nitrogens is 1. The van der Waals surface area contributed by atoms with Crippen LogP contribution in [0.1, 0.15) is 54.7 Å². The minimum Gasteiger partial charge on any atom is -0.383 e. The summed E-state index contributed by atoms with van der Waals surface area (Å²) in [5, 5.41) is 12.0. The lowest BCUT2D eigenvalue weighted by Gasteiger charge is -2.55. The van der Waals surface area contributed by atoms with Crippen LogP contribution in [0.2, 0.25) is 0 Å². The summed E-state index contributed by atoms with van der Waals surface area (Å²) in [4.78, 5) is 15.6. The molecule has 3 saturated heterocycles. The molecule has 0 amide bonds. The number of para-hydroxylation sites is 1. The van der Waals surface area contributed by atoms with Crippen molar-refractivity contribution < 1.29 is 9.90 Å². The predicted octanol–water partition coefficient (Wildman–Crippen LogP) is 3.09. The molecule has 1 N–H and O–H groups in total. The number of carbonyl (C=O) groups is 1. The molecule has 1 aromatic heterocycles. The van der Waals surface area contributed by atoms with Crippen LogP contribution >= 0.6 is 0 Å². The second-order valence-electron chi connectivity index (χ2n) is 8.53. The smallest absolute Gasteiger partial charge is 0.260 e. The topological polar surface area (TPSA) is 45.5 Å². The van der Waals surface area contributed by atoms with Crippen LogP contribution in [0.25, 0.3) is 10.9 Å². The SMILES string of the molecule is CCC1C2c3c4n(c5ccccc35)C(=O)[C@@H](O)C[C@@]43CCN2CCC13. The molecule has 25 heavy (non-hydrogen) atoms. The zero-order valence-electron chi connectivity index (χ0n) is 14.6. The van der Waals surface area contributed by atoms with Crippen LogP contribution in [-0.2, 0) is 5.41 Å². The van der Waals surface area contributed by atoms with Gasteiger partial charge in [0.25, 0.3) is 5.91 Å². The van der Waals surface area contributed by atoms with E-state index in [0.717, 1.165) is 25.0 Å². The maximum atomic E-state index is 13.0. The Morgan fingerprint density at radius 2 is 2.12 bits per heavy atom. The maximum absolute atomic E-state index is 13.0. The van der Waals surface area contributed by atoms with Crippen molar-refractivity contribution in [1.29, 1.82) is 0 Å². The first-order valence-corrected chi connectivity index (χ1v) is 9.77. The molecule has 0 saturated carbocycles. The third-order valence-corrected chi connectivity index (χ3v) is 7.81. The fourth-order valence-electron chi connectivity index (χ4n) is 7.03. The molecule has 3 fully saturated rings. The minimum atomic E-state index is -0.864. The summed E-state index contributed by atoms with van der Waals surface area (Å²) < 4.78 is 1.92. The Morgan fingerprint density at radius 1 is 1.28 bits per heavy atom. The van der Waals surface area contributed by atoms with Gasteiger partial charge in [-0.3, -0.25) is 14.3 Å². The van der Waals surface area contributed by atoms with Crippen molar-refractivity contribution in [3.63, 3.8) is 0 Å². The van der Waals surface area contributed by atoms with Crippen LogP contribution in [0.5, 0.6) is 0 Å². The Morgan fingerprint density at radius 3 is 2.96 bits per heavy atom. The van der Waals surface area contributed by atoms with Gasteiger partial charge in [-0.15, -0.1) is 0 Å². The molecule has 1 aliphatic carbocycles. The summed E-state index contributed by atoms with van der Waals surface area (Å²) in [6, 6.07) is 8.80. The minimum absolute atomic E-state index is 0.0237. The van der Waals surface area contributed by atoms with Crippen LogP contribution in [0.15, 0.2) is 24.3 Å². The molecule has 4 nitrogen and oxygen atoms in total. The summed E-state index contributed by atoms with van der Waals surface area (Å²) in [6.45, 7) is 4.58.